The van der Waals surface area contributed by atoms with Crippen molar-refractivity contribution in [3.63, 3.8) is 0 Å². The highest BCUT2D eigenvalue weighted by Crippen LogP contribution is 2.20. The topological polar surface area (TPSA) is 58.2 Å². The molecule has 0 radical (unpaired) electrons. The van der Waals surface area contributed by atoms with Crippen molar-refractivity contribution in [3.05, 3.63) is 29.0 Å². The molecule has 1 aliphatic rings. The van der Waals surface area contributed by atoms with Crippen molar-refractivity contribution in [2.75, 3.05) is 16.8 Å². The van der Waals surface area contributed by atoms with E-state index >= 15 is 0 Å². The van der Waals surface area contributed by atoms with Crippen LogP contribution in [0.4, 0.5) is 10.1 Å². The van der Waals surface area contributed by atoms with E-state index in [1.807, 2.05) is 0 Å². The number of halogens is 2. The van der Waals surface area contributed by atoms with Crippen molar-refractivity contribution in [1.29, 1.82) is 0 Å². The molecule has 1 aromatic carbocycles. The largest absolute Gasteiger partial charge is 0.343 e. The molecule has 0 saturated carbocycles. The highest BCUT2D eigenvalue weighted by atomic mass is 35.5. The van der Waals surface area contributed by atoms with Crippen LogP contribution in [0.3, 0.4) is 0 Å². The molecule has 96 valence electrons. The standard InChI is InChI=1S/C11H10ClFN2O2S/c12-7-3-6(1-2-8(7)13)14-11(17)9-4-18-5-10(16)15-9/h1-3,9H,4-5H2,(H,14,17)(H,15,16). The third-order valence-electron chi connectivity index (χ3n) is 2.36. The number of anilines is 1. The van der Waals surface area contributed by atoms with E-state index in [1.54, 1.807) is 0 Å². The Morgan fingerprint density at radius 1 is 1.56 bits per heavy atom. The molecule has 7 heteroatoms. The molecule has 1 heterocycles. The summed E-state index contributed by atoms with van der Waals surface area (Å²) in [6.45, 7) is 0. The lowest BCUT2D eigenvalue weighted by atomic mass is 10.2. The Morgan fingerprint density at radius 3 is 3.00 bits per heavy atom. The Kier molecular flexibility index (Phi) is 4.08. The van der Waals surface area contributed by atoms with Gasteiger partial charge in [0.25, 0.3) is 0 Å². The fourth-order valence-corrected chi connectivity index (χ4v) is 2.53. The summed E-state index contributed by atoms with van der Waals surface area (Å²) >= 11 is 7.00. The van der Waals surface area contributed by atoms with Crippen LogP contribution in [0.15, 0.2) is 18.2 Å². The van der Waals surface area contributed by atoms with Gasteiger partial charge in [-0.3, -0.25) is 9.59 Å². The van der Waals surface area contributed by atoms with E-state index in [4.69, 9.17) is 11.6 Å². The molecule has 1 fully saturated rings. The van der Waals surface area contributed by atoms with Gasteiger partial charge >= 0.3 is 0 Å². The SMILES string of the molecule is O=C1CSCC(C(=O)Nc2ccc(F)c(Cl)c2)N1. The summed E-state index contributed by atoms with van der Waals surface area (Å²) in [4.78, 5) is 23.0. The van der Waals surface area contributed by atoms with Gasteiger partial charge in [0.05, 0.1) is 10.8 Å². The van der Waals surface area contributed by atoms with Crippen molar-refractivity contribution >= 4 is 40.9 Å². The Hall–Kier alpha value is -1.27. The molecule has 1 aromatic rings. The molecule has 4 nitrogen and oxygen atoms in total. The van der Waals surface area contributed by atoms with Crippen molar-refractivity contribution < 1.29 is 14.0 Å². The number of benzene rings is 1. The van der Waals surface area contributed by atoms with Gasteiger partial charge in [-0.2, -0.15) is 0 Å². The molecule has 2 N–H and O–H groups in total. The molecule has 0 spiro atoms. The van der Waals surface area contributed by atoms with Gasteiger partial charge in [0.2, 0.25) is 11.8 Å². The third-order valence-corrected chi connectivity index (χ3v) is 3.68. The van der Waals surface area contributed by atoms with Gasteiger partial charge in [-0.1, -0.05) is 11.6 Å². The minimum Gasteiger partial charge on any atom is -0.343 e. The van der Waals surface area contributed by atoms with E-state index < -0.39 is 11.9 Å². The maximum atomic E-state index is 12.9. The maximum Gasteiger partial charge on any atom is 0.247 e. The normalized spacial score (nSPS) is 19.2. The molecular weight excluding hydrogens is 279 g/mol. The minimum absolute atomic E-state index is 0.0603. The van der Waals surface area contributed by atoms with E-state index in [0.717, 1.165) is 0 Å². The van der Waals surface area contributed by atoms with E-state index in [9.17, 15) is 14.0 Å². The summed E-state index contributed by atoms with van der Waals surface area (Å²) in [6, 6.07) is 3.34. The zero-order valence-corrected chi connectivity index (χ0v) is 10.8. The molecule has 1 atom stereocenters. The van der Waals surface area contributed by atoms with Crippen LogP contribution in [0.2, 0.25) is 5.02 Å². The van der Waals surface area contributed by atoms with Crippen LogP contribution in [-0.2, 0) is 9.59 Å². The van der Waals surface area contributed by atoms with Crippen LogP contribution < -0.4 is 10.6 Å². The van der Waals surface area contributed by atoms with Gasteiger partial charge in [0.1, 0.15) is 11.9 Å². The summed E-state index contributed by atoms with van der Waals surface area (Å²) in [5.41, 5.74) is 0.399. The Morgan fingerprint density at radius 2 is 2.33 bits per heavy atom. The molecule has 0 aliphatic carbocycles. The smallest absolute Gasteiger partial charge is 0.247 e. The molecule has 18 heavy (non-hydrogen) atoms. The second-order valence-electron chi connectivity index (χ2n) is 3.75. The first-order valence-corrected chi connectivity index (χ1v) is 6.72. The molecule has 1 unspecified atom stereocenters. The highest BCUT2D eigenvalue weighted by molar-refractivity contribution is 8.00. The number of thioether (sulfide) groups is 1. The predicted octanol–water partition coefficient (Wildman–Crippen LogP) is 1.65. The molecule has 0 bridgehead atoms. The zero-order valence-electron chi connectivity index (χ0n) is 9.20. The predicted molar refractivity (Wildman–Crippen MR) is 69.3 cm³/mol. The fourth-order valence-electron chi connectivity index (χ4n) is 1.49. The molecule has 2 rings (SSSR count). The van der Waals surface area contributed by atoms with Crippen LogP contribution in [0.1, 0.15) is 0 Å². The Bertz CT molecular complexity index is 498. The number of hydrogen-bond donors (Lipinski definition) is 2. The van der Waals surface area contributed by atoms with Crippen LogP contribution in [0, 0.1) is 5.82 Å². The number of carbonyl (C=O) groups is 2. The second-order valence-corrected chi connectivity index (χ2v) is 5.19. The van der Waals surface area contributed by atoms with Crippen LogP contribution in [0.25, 0.3) is 0 Å². The van der Waals surface area contributed by atoms with E-state index in [-0.39, 0.29) is 16.8 Å². The summed E-state index contributed by atoms with van der Waals surface area (Å²) in [5, 5.41) is 5.11. The van der Waals surface area contributed by atoms with Crippen LogP contribution >= 0.6 is 23.4 Å². The number of nitrogens with one attached hydrogen (secondary N) is 2. The number of carbonyl (C=O) groups excluding carboxylic acids is 2. The first-order chi connectivity index (χ1) is 8.56. The fraction of sp³-hybridized carbons (Fsp3) is 0.273. The Balaban J connectivity index is 2.02. The van der Waals surface area contributed by atoms with Crippen LogP contribution in [0.5, 0.6) is 0 Å². The van der Waals surface area contributed by atoms with Gasteiger partial charge in [0, 0.05) is 11.4 Å². The molecule has 1 saturated heterocycles. The monoisotopic (exact) mass is 288 g/mol. The summed E-state index contributed by atoms with van der Waals surface area (Å²) in [5.74, 6) is -0.156. The molecule has 2 amide bonds. The molecule has 1 aliphatic heterocycles. The van der Waals surface area contributed by atoms with Crippen molar-refractivity contribution in [2.24, 2.45) is 0 Å². The second kappa shape index (κ2) is 5.58. The van der Waals surface area contributed by atoms with Crippen LogP contribution in [-0.4, -0.2) is 29.4 Å². The minimum atomic E-state index is -0.569. The number of rotatable bonds is 2. The summed E-state index contributed by atoms with van der Waals surface area (Å²) < 4.78 is 12.9. The lowest BCUT2D eigenvalue weighted by Gasteiger charge is -2.22. The molecule has 0 aromatic heterocycles. The quantitative estimate of drug-likeness (QED) is 0.870. The van der Waals surface area contributed by atoms with E-state index in [0.29, 0.717) is 17.2 Å². The summed E-state index contributed by atoms with van der Waals surface area (Å²) in [7, 11) is 0. The van der Waals surface area contributed by atoms with Crippen molar-refractivity contribution in [2.45, 2.75) is 6.04 Å². The maximum absolute atomic E-state index is 12.9. The average Bonchev–Trinajstić information content (AvgIpc) is 2.34. The first kappa shape index (κ1) is 13.2. The van der Waals surface area contributed by atoms with Gasteiger partial charge in [0.15, 0.2) is 0 Å². The van der Waals surface area contributed by atoms with Gasteiger partial charge in [-0.25, -0.2) is 4.39 Å². The van der Waals surface area contributed by atoms with E-state index in [1.165, 1.54) is 30.0 Å². The number of amides is 2. The highest BCUT2D eigenvalue weighted by Gasteiger charge is 2.25. The van der Waals surface area contributed by atoms with Gasteiger partial charge in [-0.15, -0.1) is 11.8 Å². The first-order valence-electron chi connectivity index (χ1n) is 5.19. The van der Waals surface area contributed by atoms with Crippen molar-refractivity contribution in [3.8, 4) is 0 Å². The zero-order chi connectivity index (χ0) is 13.1. The van der Waals surface area contributed by atoms with Gasteiger partial charge in [-0.05, 0) is 18.2 Å². The average molecular weight is 289 g/mol. The molecular formula is C11H10ClFN2O2S. The van der Waals surface area contributed by atoms with Gasteiger partial charge < -0.3 is 10.6 Å². The lowest BCUT2D eigenvalue weighted by Crippen LogP contribution is -2.49. The number of hydrogen-bond acceptors (Lipinski definition) is 3. The third kappa shape index (κ3) is 3.14. The van der Waals surface area contributed by atoms with Crippen molar-refractivity contribution in [1.82, 2.24) is 5.32 Å². The Labute approximate surface area is 112 Å². The lowest BCUT2D eigenvalue weighted by molar-refractivity contribution is -0.124. The van der Waals surface area contributed by atoms with E-state index in [2.05, 4.69) is 10.6 Å². The summed E-state index contributed by atoms with van der Waals surface area (Å²) in [6.07, 6.45) is 0.